The maximum atomic E-state index is 12.2. The van der Waals surface area contributed by atoms with Crippen LogP contribution in [0.1, 0.15) is 16.9 Å². The predicted octanol–water partition coefficient (Wildman–Crippen LogP) is 4.22. The first kappa shape index (κ1) is 18.5. The molecular weight excluding hydrogens is 404 g/mol. The van der Waals surface area contributed by atoms with Gasteiger partial charge in [-0.15, -0.1) is 33.3 Å². The molecule has 1 aromatic carbocycles. The Morgan fingerprint density at radius 2 is 2.11 bits per heavy atom. The van der Waals surface area contributed by atoms with Gasteiger partial charge in [0.15, 0.2) is 17.1 Å². The minimum absolute atomic E-state index is 0.166. The number of carbonyl (C=O) groups is 1. The molecule has 3 aromatic rings. The predicted molar refractivity (Wildman–Crippen MR) is 112 cm³/mol. The first-order valence-electron chi connectivity index (χ1n) is 8.43. The van der Waals surface area contributed by atoms with Gasteiger partial charge in [-0.2, -0.15) is 0 Å². The molecule has 0 bridgehead atoms. The van der Waals surface area contributed by atoms with Crippen molar-refractivity contribution in [1.82, 2.24) is 15.5 Å². The van der Waals surface area contributed by atoms with E-state index >= 15 is 0 Å². The van der Waals surface area contributed by atoms with Crippen LogP contribution >= 0.6 is 34.7 Å². The number of hydrogen-bond donors (Lipinski definition) is 2. The van der Waals surface area contributed by atoms with Crippen molar-refractivity contribution in [3.8, 4) is 10.4 Å². The zero-order valence-electron chi connectivity index (χ0n) is 14.5. The number of hydrogen-bond acceptors (Lipinski definition) is 7. The van der Waals surface area contributed by atoms with Gasteiger partial charge in [0.25, 0.3) is 5.91 Å². The maximum Gasteiger partial charge on any atom is 0.273 e. The summed E-state index contributed by atoms with van der Waals surface area (Å²) in [5.74, 6) is 1.39. The smallest absolute Gasteiger partial charge is 0.273 e. The number of thiophene rings is 1. The van der Waals surface area contributed by atoms with E-state index < -0.39 is 0 Å². The van der Waals surface area contributed by atoms with Crippen LogP contribution in [-0.4, -0.2) is 41.1 Å². The van der Waals surface area contributed by atoms with Crippen molar-refractivity contribution in [2.45, 2.75) is 12.0 Å². The largest absolute Gasteiger partial charge is 0.354 e. The van der Waals surface area contributed by atoms with Crippen LogP contribution in [0.15, 0.2) is 30.3 Å². The zero-order chi connectivity index (χ0) is 18.8. The summed E-state index contributed by atoms with van der Waals surface area (Å²) in [4.78, 5) is 13.3. The van der Waals surface area contributed by atoms with Crippen molar-refractivity contribution < 1.29 is 9.53 Å². The van der Waals surface area contributed by atoms with E-state index in [0.29, 0.717) is 16.5 Å². The number of fused-ring (bicyclic) bond motifs is 1. The highest BCUT2D eigenvalue weighted by molar-refractivity contribution is 7.99. The third kappa shape index (κ3) is 3.89. The van der Waals surface area contributed by atoms with Gasteiger partial charge in [-0.1, -0.05) is 23.7 Å². The van der Waals surface area contributed by atoms with E-state index in [2.05, 4.69) is 20.8 Å². The third-order valence-electron chi connectivity index (χ3n) is 4.10. The number of thioether (sulfide) groups is 1. The standard InChI is InChI=1S/C18H17ClN4O2S2/c1-20-17(24)14-15-12(9-13(27-15)10-3-5-11(19)6-4-10)16(23-22-14)21-18-25-7-2-8-26-18/h3-6,9,18H,2,7-8H2,1H3,(H,20,24)(H,21,23). The quantitative estimate of drug-likeness (QED) is 0.658. The minimum atomic E-state index is -0.258. The van der Waals surface area contributed by atoms with Gasteiger partial charge >= 0.3 is 0 Å². The van der Waals surface area contributed by atoms with Crippen LogP contribution in [0.25, 0.3) is 20.5 Å². The highest BCUT2D eigenvalue weighted by atomic mass is 35.5. The molecule has 6 nitrogen and oxygen atoms in total. The van der Waals surface area contributed by atoms with Gasteiger partial charge in [-0.3, -0.25) is 4.79 Å². The highest BCUT2D eigenvalue weighted by Gasteiger charge is 2.21. The number of benzene rings is 1. The van der Waals surface area contributed by atoms with Gasteiger partial charge in [-0.25, -0.2) is 0 Å². The molecule has 0 spiro atoms. The second-order valence-corrected chi connectivity index (χ2v) is 8.57. The Bertz CT molecular complexity index is 971. The Kier molecular flexibility index (Phi) is 5.49. The number of aromatic nitrogens is 2. The number of ether oxygens (including phenoxy) is 1. The Labute approximate surface area is 169 Å². The Morgan fingerprint density at radius 1 is 1.30 bits per heavy atom. The van der Waals surface area contributed by atoms with Crippen LogP contribution in [-0.2, 0) is 4.74 Å². The number of nitrogens with one attached hydrogen (secondary N) is 2. The average Bonchev–Trinajstić information content (AvgIpc) is 3.15. The summed E-state index contributed by atoms with van der Waals surface area (Å²) in [7, 11) is 1.59. The van der Waals surface area contributed by atoms with E-state index in [1.54, 1.807) is 18.8 Å². The van der Waals surface area contributed by atoms with Crippen LogP contribution in [0.3, 0.4) is 0 Å². The third-order valence-corrected chi connectivity index (χ3v) is 6.63. The zero-order valence-corrected chi connectivity index (χ0v) is 16.9. The first-order chi connectivity index (χ1) is 13.2. The number of amides is 1. The Balaban J connectivity index is 1.79. The molecule has 3 heterocycles. The first-order valence-corrected chi connectivity index (χ1v) is 10.7. The fourth-order valence-corrected chi connectivity index (χ4v) is 4.91. The van der Waals surface area contributed by atoms with E-state index in [9.17, 15) is 4.79 Å². The number of anilines is 1. The van der Waals surface area contributed by atoms with Gasteiger partial charge < -0.3 is 15.4 Å². The van der Waals surface area contributed by atoms with E-state index in [-0.39, 0.29) is 11.5 Å². The molecule has 1 aliphatic heterocycles. The van der Waals surface area contributed by atoms with Crippen molar-refractivity contribution in [3.63, 3.8) is 0 Å². The van der Waals surface area contributed by atoms with Crippen molar-refractivity contribution in [1.29, 1.82) is 0 Å². The summed E-state index contributed by atoms with van der Waals surface area (Å²) in [5, 5.41) is 15.9. The van der Waals surface area contributed by atoms with Gasteiger partial charge in [0, 0.05) is 22.3 Å². The van der Waals surface area contributed by atoms with Crippen LogP contribution in [0.2, 0.25) is 5.02 Å². The SMILES string of the molecule is CNC(=O)c1nnc(NC2OCCCS2)c2cc(-c3ccc(Cl)cc3)sc12. The fourth-order valence-electron chi connectivity index (χ4n) is 2.75. The minimum Gasteiger partial charge on any atom is -0.354 e. The summed E-state index contributed by atoms with van der Waals surface area (Å²) < 4.78 is 6.52. The molecule has 1 amide bonds. The molecule has 9 heteroatoms. The maximum absolute atomic E-state index is 12.2. The lowest BCUT2D eigenvalue weighted by Gasteiger charge is -2.23. The molecule has 0 aliphatic carbocycles. The van der Waals surface area contributed by atoms with Gasteiger partial charge in [0.2, 0.25) is 0 Å². The van der Waals surface area contributed by atoms with Gasteiger partial charge in [0.1, 0.15) is 0 Å². The van der Waals surface area contributed by atoms with Crippen molar-refractivity contribution in [2.24, 2.45) is 0 Å². The molecule has 1 fully saturated rings. The molecule has 140 valence electrons. The second-order valence-electron chi connectivity index (χ2n) is 5.91. The van der Waals surface area contributed by atoms with Gasteiger partial charge in [-0.05, 0) is 35.9 Å². The number of rotatable bonds is 4. The van der Waals surface area contributed by atoms with Crippen LogP contribution in [0.5, 0.6) is 0 Å². The topological polar surface area (TPSA) is 76.1 Å². The van der Waals surface area contributed by atoms with E-state index in [0.717, 1.165) is 39.3 Å². The van der Waals surface area contributed by atoms with Crippen LogP contribution in [0, 0.1) is 0 Å². The van der Waals surface area contributed by atoms with Gasteiger partial charge in [0.05, 0.1) is 11.3 Å². The summed E-state index contributed by atoms with van der Waals surface area (Å²) >= 11 is 9.20. The van der Waals surface area contributed by atoms with E-state index in [1.807, 2.05) is 30.3 Å². The lowest BCUT2D eigenvalue weighted by atomic mass is 10.1. The molecule has 1 aliphatic rings. The molecule has 2 N–H and O–H groups in total. The molecule has 1 saturated heterocycles. The number of carbonyl (C=O) groups excluding carboxylic acids is 1. The lowest BCUT2D eigenvalue weighted by Crippen LogP contribution is -2.26. The highest BCUT2D eigenvalue weighted by Crippen LogP contribution is 2.38. The summed E-state index contributed by atoms with van der Waals surface area (Å²) in [6, 6.07) is 9.65. The molecule has 1 atom stereocenters. The molecule has 27 heavy (non-hydrogen) atoms. The second kappa shape index (κ2) is 8.02. The average molecular weight is 421 g/mol. The van der Waals surface area contributed by atoms with E-state index in [1.165, 1.54) is 11.3 Å². The van der Waals surface area contributed by atoms with Crippen molar-refractivity contribution in [3.05, 3.63) is 41.0 Å². The number of halogens is 1. The molecule has 2 aromatic heterocycles. The van der Waals surface area contributed by atoms with Crippen LogP contribution in [0.4, 0.5) is 5.82 Å². The van der Waals surface area contributed by atoms with Crippen molar-refractivity contribution >= 4 is 56.5 Å². The molecule has 0 radical (unpaired) electrons. The molecule has 0 saturated carbocycles. The Hall–Kier alpha value is -1.87. The van der Waals surface area contributed by atoms with Crippen molar-refractivity contribution in [2.75, 3.05) is 24.7 Å². The summed E-state index contributed by atoms with van der Waals surface area (Å²) in [6.45, 7) is 0.719. The molecule has 4 rings (SSSR count). The number of nitrogens with zero attached hydrogens (tertiary/aromatic N) is 2. The van der Waals surface area contributed by atoms with E-state index in [4.69, 9.17) is 16.3 Å². The molecular formula is C18H17ClN4O2S2. The fraction of sp³-hybridized carbons (Fsp3) is 0.278. The lowest BCUT2D eigenvalue weighted by molar-refractivity contribution is 0.0959. The monoisotopic (exact) mass is 420 g/mol. The normalized spacial score (nSPS) is 17.0. The molecule has 1 unspecified atom stereocenters. The summed E-state index contributed by atoms with van der Waals surface area (Å²) in [5.41, 5.74) is 1.18. The Morgan fingerprint density at radius 3 is 2.81 bits per heavy atom. The summed E-state index contributed by atoms with van der Waals surface area (Å²) in [6.07, 6.45) is 1.04. The van der Waals surface area contributed by atoms with Crippen LogP contribution < -0.4 is 10.6 Å².